The van der Waals surface area contributed by atoms with Crippen LogP contribution in [0.5, 0.6) is 0 Å². The van der Waals surface area contributed by atoms with Crippen molar-refractivity contribution in [2.75, 3.05) is 11.9 Å². The van der Waals surface area contributed by atoms with E-state index in [-0.39, 0.29) is 11.3 Å². The van der Waals surface area contributed by atoms with Crippen LogP contribution in [0.3, 0.4) is 0 Å². The molecule has 0 aliphatic carbocycles. The summed E-state index contributed by atoms with van der Waals surface area (Å²) in [5.74, 6) is -1.39. The molecule has 2 aromatic rings. The van der Waals surface area contributed by atoms with Crippen molar-refractivity contribution in [3.63, 3.8) is 0 Å². The highest BCUT2D eigenvalue weighted by atomic mass is 35.5. The number of carbonyl (C=O) groups is 2. The van der Waals surface area contributed by atoms with Gasteiger partial charge in [0.2, 0.25) is 0 Å². The summed E-state index contributed by atoms with van der Waals surface area (Å²) >= 11 is 6.10. The third kappa shape index (κ3) is 4.77. The Morgan fingerprint density at radius 1 is 1.24 bits per heavy atom. The Bertz CT molecular complexity index is 828. The van der Waals surface area contributed by atoms with Crippen LogP contribution in [-0.4, -0.2) is 23.4 Å². The minimum absolute atomic E-state index is 0.00783. The number of nitrogens with one attached hydrogen (secondary N) is 1. The molecule has 130 valence electrons. The van der Waals surface area contributed by atoms with E-state index in [2.05, 4.69) is 5.32 Å². The van der Waals surface area contributed by atoms with Gasteiger partial charge in [0.25, 0.3) is 11.6 Å². The number of hydrogen-bond donors (Lipinski definition) is 1. The van der Waals surface area contributed by atoms with Crippen molar-refractivity contribution in [1.82, 2.24) is 0 Å². The number of nitro groups is 1. The number of esters is 1. The smallest absolute Gasteiger partial charge is 0.338 e. The molecule has 0 saturated carbocycles. The largest absolute Gasteiger partial charge is 0.452 e. The van der Waals surface area contributed by atoms with E-state index < -0.39 is 23.4 Å². The summed E-state index contributed by atoms with van der Waals surface area (Å²) in [5, 5.41) is 13.7. The number of hydrogen-bond acceptors (Lipinski definition) is 5. The average molecular weight is 363 g/mol. The molecule has 2 aromatic carbocycles. The molecule has 25 heavy (non-hydrogen) atoms. The fourth-order valence-corrected chi connectivity index (χ4v) is 2.58. The second-order valence-corrected chi connectivity index (χ2v) is 5.78. The summed E-state index contributed by atoms with van der Waals surface area (Å²) in [5.41, 5.74) is 1.94. The molecule has 0 saturated heterocycles. The Morgan fingerprint density at radius 2 is 1.96 bits per heavy atom. The van der Waals surface area contributed by atoms with Crippen LogP contribution in [-0.2, 0) is 9.53 Å². The van der Waals surface area contributed by atoms with Crippen LogP contribution in [0.2, 0.25) is 5.02 Å². The lowest BCUT2D eigenvalue weighted by Gasteiger charge is -2.11. The molecule has 2 rings (SSSR count). The number of amides is 1. The maximum Gasteiger partial charge on any atom is 0.338 e. The normalized spacial score (nSPS) is 10.2. The van der Waals surface area contributed by atoms with Crippen molar-refractivity contribution in [3.8, 4) is 0 Å². The number of benzene rings is 2. The van der Waals surface area contributed by atoms with Crippen molar-refractivity contribution in [1.29, 1.82) is 0 Å². The van der Waals surface area contributed by atoms with Gasteiger partial charge in [0.1, 0.15) is 0 Å². The summed E-state index contributed by atoms with van der Waals surface area (Å²) in [6, 6.07) is 8.64. The van der Waals surface area contributed by atoms with Crippen molar-refractivity contribution in [2.45, 2.75) is 13.8 Å². The predicted molar refractivity (Wildman–Crippen MR) is 92.9 cm³/mol. The van der Waals surface area contributed by atoms with E-state index in [1.54, 1.807) is 13.0 Å². The van der Waals surface area contributed by atoms with Crippen molar-refractivity contribution >= 4 is 34.9 Å². The summed E-state index contributed by atoms with van der Waals surface area (Å²) < 4.78 is 4.88. The van der Waals surface area contributed by atoms with Crippen LogP contribution in [0.15, 0.2) is 36.4 Å². The molecule has 0 aliphatic heterocycles. The first-order chi connectivity index (χ1) is 11.8. The third-order valence-corrected chi connectivity index (χ3v) is 3.62. The van der Waals surface area contributed by atoms with Gasteiger partial charge >= 0.3 is 5.97 Å². The maximum absolute atomic E-state index is 12.0. The number of nitrogens with zero attached hydrogens (tertiary/aromatic N) is 1. The Labute approximate surface area is 148 Å². The highest BCUT2D eigenvalue weighted by Crippen LogP contribution is 2.27. The number of non-ortho nitro benzene ring substituents is 1. The Balaban J connectivity index is 1.99. The number of carbonyl (C=O) groups excluding carboxylic acids is 2. The molecule has 1 N–H and O–H groups in total. The lowest BCUT2D eigenvalue weighted by molar-refractivity contribution is -0.384. The number of halogens is 1. The predicted octanol–water partition coefficient (Wildman–Crippen LogP) is 3.66. The Morgan fingerprint density at radius 3 is 2.60 bits per heavy atom. The monoisotopic (exact) mass is 362 g/mol. The first-order valence-corrected chi connectivity index (χ1v) is 7.64. The number of rotatable bonds is 5. The van der Waals surface area contributed by atoms with Crippen LogP contribution in [0.4, 0.5) is 11.4 Å². The number of aryl methyl sites for hydroxylation is 2. The fraction of sp³-hybridized carbons (Fsp3) is 0.176. The molecule has 0 atom stereocenters. The van der Waals surface area contributed by atoms with Gasteiger partial charge in [-0.15, -0.1) is 0 Å². The Kier molecular flexibility index (Phi) is 5.71. The van der Waals surface area contributed by atoms with Gasteiger partial charge in [0.05, 0.1) is 21.2 Å². The Hall–Kier alpha value is -2.93. The van der Waals surface area contributed by atoms with Gasteiger partial charge < -0.3 is 10.1 Å². The first-order valence-electron chi connectivity index (χ1n) is 7.26. The topological polar surface area (TPSA) is 98.5 Å². The molecule has 0 bridgehead atoms. The van der Waals surface area contributed by atoms with E-state index in [9.17, 15) is 19.7 Å². The summed E-state index contributed by atoms with van der Waals surface area (Å²) in [4.78, 5) is 34.0. The van der Waals surface area contributed by atoms with Crippen LogP contribution in [0.1, 0.15) is 21.5 Å². The van der Waals surface area contributed by atoms with Gasteiger partial charge in [-0.25, -0.2) is 4.79 Å². The van der Waals surface area contributed by atoms with E-state index in [4.69, 9.17) is 16.3 Å². The average Bonchev–Trinajstić information content (AvgIpc) is 2.56. The van der Waals surface area contributed by atoms with Gasteiger partial charge in [-0.05, 0) is 37.1 Å². The summed E-state index contributed by atoms with van der Waals surface area (Å²) in [6.07, 6.45) is 0. The number of ether oxygens (including phenoxy) is 1. The van der Waals surface area contributed by atoms with Crippen LogP contribution >= 0.6 is 11.6 Å². The second kappa shape index (κ2) is 7.76. The van der Waals surface area contributed by atoms with E-state index >= 15 is 0 Å². The minimum atomic E-state index is -0.828. The summed E-state index contributed by atoms with van der Waals surface area (Å²) in [7, 11) is 0. The molecular formula is C17H15ClN2O5. The zero-order valence-corrected chi connectivity index (χ0v) is 14.3. The molecular weight excluding hydrogens is 348 g/mol. The third-order valence-electron chi connectivity index (χ3n) is 3.32. The van der Waals surface area contributed by atoms with Gasteiger partial charge in [0.15, 0.2) is 6.61 Å². The lowest BCUT2D eigenvalue weighted by Crippen LogP contribution is -2.21. The highest BCUT2D eigenvalue weighted by Gasteiger charge is 2.15. The van der Waals surface area contributed by atoms with Gasteiger partial charge in [-0.1, -0.05) is 23.7 Å². The van der Waals surface area contributed by atoms with Gasteiger partial charge in [-0.3, -0.25) is 14.9 Å². The zero-order chi connectivity index (χ0) is 18.6. The molecule has 1 amide bonds. The molecule has 0 spiro atoms. The van der Waals surface area contributed by atoms with Crippen LogP contribution in [0, 0.1) is 24.0 Å². The van der Waals surface area contributed by atoms with Gasteiger partial charge in [-0.2, -0.15) is 0 Å². The van der Waals surface area contributed by atoms with Crippen molar-refractivity contribution in [3.05, 3.63) is 68.2 Å². The van der Waals surface area contributed by atoms with E-state index in [0.29, 0.717) is 10.7 Å². The molecule has 0 aliphatic rings. The number of anilines is 1. The fourth-order valence-electron chi connectivity index (χ4n) is 2.21. The van der Waals surface area contributed by atoms with Crippen molar-refractivity contribution in [2.24, 2.45) is 0 Å². The molecule has 0 aromatic heterocycles. The zero-order valence-electron chi connectivity index (χ0n) is 13.5. The summed E-state index contributed by atoms with van der Waals surface area (Å²) in [6.45, 7) is 3.14. The lowest BCUT2D eigenvalue weighted by atomic mass is 10.1. The molecule has 0 fully saturated rings. The van der Waals surface area contributed by atoms with Gasteiger partial charge in [0, 0.05) is 12.1 Å². The van der Waals surface area contributed by atoms with E-state index in [1.807, 2.05) is 13.0 Å². The quantitative estimate of drug-likeness (QED) is 0.497. The van der Waals surface area contributed by atoms with E-state index in [0.717, 1.165) is 17.2 Å². The molecule has 0 heterocycles. The van der Waals surface area contributed by atoms with E-state index in [1.165, 1.54) is 18.2 Å². The second-order valence-electron chi connectivity index (χ2n) is 5.37. The standard InChI is InChI=1S/C17H15ClN2O5/c1-10-6-11(2)16(14(18)7-10)19-15(21)9-25-17(22)12-4-3-5-13(8-12)20(23)24/h3-8H,9H2,1-2H3,(H,19,21). The van der Waals surface area contributed by atoms with Crippen LogP contribution in [0.25, 0.3) is 0 Å². The maximum atomic E-state index is 12.0. The molecule has 0 radical (unpaired) electrons. The number of nitro benzene ring substituents is 1. The highest BCUT2D eigenvalue weighted by molar-refractivity contribution is 6.34. The molecule has 8 heteroatoms. The first kappa shape index (κ1) is 18.4. The molecule has 0 unspecified atom stereocenters. The SMILES string of the molecule is Cc1cc(C)c(NC(=O)COC(=O)c2cccc([N+](=O)[O-])c2)c(Cl)c1. The van der Waals surface area contributed by atoms with Crippen molar-refractivity contribution < 1.29 is 19.2 Å². The minimum Gasteiger partial charge on any atom is -0.452 e. The van der Waals surface area contributed by atoms with Crippen LogP contribution < -0.4 is 5.32 Å². The molecule has 7 nitrogen and oxygen atoms in total.